The third-order valence-corrected chi connectivity index (χ3v) is 9.44. The van der Waals surface area contributed by atoms with E-state index in [9.17, 15) is 14.4 Å². The van der Waals surface area contributed by atoms with Crippen LogP contribution >= 0.6 is 0 Å². The molecular weight excluding hydrogens is 336 g/mol. The first kappa shape index (κ1) is 19.1. The number of rotatable bonds is 3. The Labute approximate surface area is 163 Å². The standard InChI is InChI=1S/C24H34O3/c1-5-6-14(2)17-7-8-18-22-19(13-21(27)24(17,18)4)23(3)10-9-16(25)11-15(23)12-20(22)26/h5,14-15,17-19,22H,1,6-13H2,2-4H3/t14?,15-,17+,18-,19-,22-,23-,24+/m0/s1. The van der Waals surface area contributed by atoms with E-state index in [1.807, 2.05) is 6.08 Å². The van der Waals surface area contributed by atoms with Crippen LogP contribution in [0.1, 0.15) is 72.1 Å². The molecule has 148 valence electrons. The highest BCUT2D eigenvalue weighted by Crippen LogP contribution is 2.66. The molecule has 3 heteroatoms. The van der Waals surface area contributed by atoms with Crippen LogP contribution in [0.5, 0.6) is 0 Å². The maximum Gasteiger partial charge on any atom is 0.139 e. The highest BCUT2D eigenvalue weighted by Gasteiger charge is 2.66. The van der Waals surface area contributed by atoms with Crippen molar-refractivity contribution in [1.82, 2.24) is 0 Å². The monoisotopic (exact) mass is 370 g/mol. The van der Waals surface area contributed by atoms with Gasteiger partial charge in [0.25, 0.3) is 0 Å². The van der Waals surface area contributed by atoms with E-state index in [1.165, 1.54) is 0 Å². The van der Waals surface area contributed by atoms with Crippen molar-refractivity contribution >= 4 is 17.3 Å². The van der Waals surface area contributed by atoms with Crippen molar-refractivity contribution in [2.75, 3.05) is 0 Å². The first-order chi connectivity index (χ1) is 12.7. The molecule has 0 saturated heterocycles. The minimum absolute atomic E-state index is 0.0195. The van der Waals surface area contributed by atoms with Gasteiger partial charge < -0.3 is 0 Å². The normalized spacial score (nSPS) is 47.8. The average Bonchev–Trinajstić information content (AvgIpc) is 2.96. The third-order valence-electron chi connectivity index (χ3n) is 9.44. The van der Waals surface area contributed by atoms with Gasteiger partial charge in [-0.1, -0.05) is 26.8 Å². The Morgan fingerprint density at radius 1 is 1.11 bits per heavy atom. The number of fused-ring (bicyclic) bond motifs is 5. The Hall–Kier alpha value is -1.25. The Morgan fingerprint density at radius 2 is 1.85 bits per heavy atom. The number of ketones is 3. The molecule has 1 unspecified atom stereocenters. The average molecular weight is 371 g/mol. The van der Waals surface area contributed by atoms with Crippen LogP contribution in [0.4, 0.5) is 0 Å². The molecule has 4 fully saturated rings. The summed E-state index contributed by atoms with van der Waals surface area (Å²) in [6.07, 6.45) is 8.08. The van der Waals surface area contributed by atoms with E-state index in [2.05, 4.69) is 27.4 Å². The Kier molecular flexibility index (Phi) is 4.51. The molecule has 0 radical (unpaired) electrons. The minimum Gasteiger partial charge on any atom is -0.300 e. The van der Waals surface area contributed by atoms with Crippen molar-refractivity contribution in [1.29, 1.82) is 0 Å². The van der Waals surface area contributed by atoms with Gasteiger partial charge >= 0.3 is 0 Å². The summed E-state index contributed by atoms with van der Waals surface area (Å²) in [4.78, 5) is 38.9. The van der Waals surface area contributed by atoms with Crippen LogP contribution in [0, 0.1) is 46.3 Å². The van der Waals surface area contributed by atoms with Crippen molar-refractivity contribution in [2.45, 2.75) is 72.1 Å². The summed E-state index contributed by atoms with van der Waals surface area (Å²) in [7, 11) is 0. The van der Waals surface area contributed by atoms with Gasteiger partial charge in [-0.2, -0.15) is 0 Å². The summed E-state index contributed by atoms with van der Waals surface area (Å²) < 4.78 is 0. The van der Waals surface area contributed by atoms with Crippen LogP contribution in [0.2, 0.25) is 0 Å². The van der Waals surface area contributed by atoms with E-state index in [4.69, 9.17) is 0 Å². The predicted octanol–water partition coefficient (Wildman–Crippen LogP) is 4.78. The Bertz CT molecular complexity index is 694. The molecule has 0 aliphatic heterocycles. The number of Topliss-reactive ketones (excluding diaryl/α,β-unsaturated/α-hetero) is 3. The van der Waals surface area contributed by atoms with E-state index in [0.717, 1.165) is 25.7 Å². The second-order valence-corrected chi connectivity index (χ2v) is 10.5. The van der Waals surface area contributed by atoms with E-state index < -0.39 is 0 Å². The number of carbonyl (C=O) groups is 3. The van der Waals surface area contributed by atoms with Gasteiger partial charge in [-0.25, -0.2) is 0 Å². The van der Waals surface area contributed by atoms with Gasteiger partial charge in [0.05, 0.1) is 0 Å². The van der Waals surface area contributed by atoms with E-state index in [-0.39, 0.29) is 34.5 Å². The second-order valence-electron chi connectivity index (χ2n) is 10.5. The summed E-state index contributed by atoms with van der Waals surface area (Å²) in [6, 6.07) is 0. The number of hydrogen-bond acceptors (Lipinski definition) is 3. The predicted molar refractivity (Wildman–Crippen MR) is 105 cm³/mol. The SMILES string of the molecule is C=CCC(C)[C@H]1CC[C@H]2[C@@H]3C(=O)C[C@@H]4CC(=O)CC[C@]4(C)[C@H]3CC(=O)[C@]12C. The first-order valence-corrected chi connectivity index (χ1v) is 10.9. The topological polar surface area (TPSA) is 51.2 Å². The summed E-state index contributed by atoms with van der Waals surface area (Å²) in [5.74, 6) is 2.36. The quantitative estimate of drug-likeness (QED) is 0.672. The molecule has 4 saturated carbocycles. The zero-order chi connectivity index (χ0) is 19.6. The summed E-state index contributed by atoms with van der Waals surface area (Å²) in [5.41, 5.74) is -0.374. The van der Waals surface area contributed by atoms with Crippen LogP contribution in [-0.4, -0.2) is 17.3 Å². The zero-order valence-corrected chi connectivity index (χ0v) is 17.1. The summed E-state index contributed by atoms with van der Waals surface area (Å²) in [5, 5.41) is 0. The lowest BCUT2D eigenvalue weighted by Crippen LogP contribution is -2.60. The van der Waals surface area contributed by atoms with Crippen molar-refractivity contribution in [2.24, 2.45) is 46.3 Å². The maximum absolute atomic E-state index is 13.6. The van der Waals surface area contributed by atoms with Gasteiger partial charge in [-0.15, -0.1) is 6.58 Å². The molecule has 27 heavy (non-hydrogen) atoms. The van der Waals surface area contributed by atoms with Crippen molar-refractivity contribution in [3.8, 4) is 0 Å². The van der Waals surface area contributed by atoms with Gasteiger partial charge in [-0.05, 0) is 60.7 Å². The highest BCUT2D eigenvalue weighted by atomic mass is 16.1. The van der Waals surface area contributed by atoms with Crippen molar-refractivity contribution < 1.29 is 14.4 Å². The Morgan fingerprint density at radius 3 is 2.56 bits per heavy atom. The van der Waals surface area contributed by atoms with Crippen LogP contribution in [0.25, 0.3) is 0 Å². The van der Waals surface area contributed by atoms with Gasteiger partial charge in [0.15, 0.2) is 0 Å². The van der Waals surface area contributed by atoms with Gasteiger partial charge in [-0.3, -0.25) is 14.4 Å². The van der Waals surface area contributed by atoms with Crippen molar-refractivity contribution in [3.05, 3.63) is 12.7 Å². The summed E-state index contributed by atoms with van der Waals surface area (Å²) in [6.45, 7) is 10.6. The van der Waals surface area contributed by atoms with E-state index in [0.29, 0.717) is 54.9 Å². The van der Waals surface area contributed by atoms with Gasteiger partial charge in [0.1, 0.15) is 17.3 Å². The fraction of sp³-hybridized carbons (Fsp3) is 0.792. The van der Waals surface area contributed by atoms with E-state index >= 15 is 0 Å². The molecular formula is C24H34O3. The van der Waals surface area contributed by atoms with Crippen LogP contribution in [0.3, 0.4) is 0 Å². The van der Waals surface area contributed by atoms with Gasteiger partial charge in [0.2, 0.25) is 0 Å². The number of carbonyl (C=O) groups excluding carboxylic acids is 3. The lowest BCUT2D eigenvalue weighted by Gasteiger charge is -2.58. The van der Waals surface area contributed by atoms with E-state index in [1.54, 1.807) is 0 Å². The second kappa shape index (κ2) is 6.39. The first-order valence-electron chi connectivity index (χ1n) is 10.9. The third kappa shape index (κ3) is 2.56. The lowest BCUT2D eigenvalue weighted by molar-refractivity contribution is -0.166. The number of allylic oxidation sites excluding steroid dienone is 1. The molecule has 0 amide bonds. The zero-order valence-electron chi connectivity index (χ0n) is 17.1. The molecule has 0 aromatic rings. The molecule has 0 N–H and O–H groups in total. The van der Waals surface area contributed by atoms with Crippen LogP contribution in [0.15, 0.2) is 12.7 Å². The molecule has 0 bridgehead atoms. The van der Waals surface area contributed by atoms with Crippen LogP contribution in [-0.2, 0) is 14.4 Å². The molecule has 4 rings (SSSR count). The fourth-order valence-electron chi connectivity index (χ4n) is 7.82. The molecule has 0 aromatic carbocycles. The van der Waals surface area contributed by atoms with Gasteiger partial charge in [0, 0.05) is 37.0 Å². The number of hydrogen-bond donors (Lipinski definition) is 0. The fourth-order valence-corrected chi connectivity index (χ4v) is 7.82. The molecule has 4 aliphatic rings. The molecule has 3 nitrogen and oxygen atoms in total. The molecule has 4 aliphatic carbocycles. The molecule has 0 aromatic heterocycles. The smallest absolute Gasteiger partial charge is 0.139 e. The molecule has 0 spiro atoms. The Balaban J connectivity index is 1.70. The van der Waals surface area contributed by atoms with Crippen molar-refractivity contribution in [3.63, 3.8) is 0 Å². The molecule has 0 heterocycles. The largest absolute Gasteiger partial charge is 0.300 e. The highest BCUT2D eigenvalue weighted by molar-refractivity contribution is 5.93. The summed E-state index contributed by atoms with van der Waals surface area (Å²) >= 11 is 0. The van der Waals surface area contributed by atoms with Crippen LogP contribution < -0.4 is 0 Å². The minimum atomic E-state index is -0.354. The molecule has 8 atom stereocenters. The maximum atomic E-state index is 13.6. The lowest BCUT2D eigenvalue weighted by atomic mass is 9.44.